The predicted octanol–water partition coefficient (Wildman–Crippen LogP) is 3.65. The first-order valence-electron chi connectivity index (χ1n) is 10.3. The molecular formula is C22H21ClF4N4O2. The van der Waals surface area contributed by atoms with Gasteiger partial charge < -0.3 is 15.5 Å². The molecule has 2 aromatic rings. The van der Waals surface area contributed by atoms with Crippen LogP contribution in [0.25, 0.3) is 0 Å². The van der Waals surface area contributed by atoms with E-state index in [1.54, 1.807) is 6.07 Å². The van der Waals surface area contributed by atoms with E-state index in [9.17, 15) is 27.2 Å². The molecule has 4 rings (SSSR count). The number of carbonyl (C=O) groups excluding carboxylic acids is 2. The van der Waals surface area contributed by atoms with Gasteiger partial charge in [0.15, 0.2) is 6.04 Å². The monoisotopic (exact) mass is 484 g/mol. The second kappa shape index (κ2) is 8.81. The van der Waals surface area contributed by atoms with E-state index in [4.69, 9.17) is 11.6 Å². The van der Waals surface area contributed by atoms with Crippen LogP contribution in [-0.2, 0) is 22.4 Å². The lowest BCUT2D eigenvalue weighted by atomic mass is 10.0. The molecule has 1 aliphatic heterocycles. The van der Waals surface area contributed by atoms with Gasteiger partial charge in [0.25, 0.3) is 0 Å². The molecule has 2 heterocycles. The molecule has 2 aliphatic rings. The highest BCUT2D eigenvalue weighted by Crippen LogP contribution is 2.38. The SMILES string of the molecule is CN(C(=O)[C@H]1CNC(=O)C1)[C@@H](c1ccc(NC2Cc3ccc(Cl)c(F)c3C2)nc1)C(F)(F)F. The van der Waals surface area contributed by atoms with Gasteiger partial charge in [0, 0.05) is 37.8 Å². The van der Waals surface area contributed by atoms with E-state index in [1.165, 1.54) is 18.2 Å². The summed E-state index contributed by atoms with van der Waals surface area (Å²) in [5, 5.41) is 5.62. The Kier molecular flexibility index (Phi) is 6.22. The maximum absolute atomic E-state index is 14.2. The number of nitrogens with one attached hydrogen (secondary N) is 2. The molecule has 0 bridgehead atoms. The lowest BCUT2D eigenvalue weighted by Gasteiger charge is -2.31. The Bertz CT molecular complexity index is 1080. The van der Waals surface area contributed by atoms with Crippen LogP contribution in [-0.4, -0.2) is 47.5 Å². The lowest BCUT2D eigenvalue weighted by Crippen LogP contribution is -2.43. The van der Waals surface area contributed by atoms with Gasteiger partial charge in [-0.05, 0) is 36.1 Å². The summed E-state index contributed by atoms with van der Waals surface area (Å²) < 4.78 is 55.8. The number of amides is 2. The molecule has 2 amide bonds. The topological polar surface area (TPSA) is 74.3 Å². The molecule has 1 aromatic heterocycles. The number of anilines is 1. The Hall–Kier alpha value is -2.88. The average Bonchev–Trinajstić information content (AvgIpc) is 3.37. The number of carbonyl (C=O) groups is 2. The second-order valence-corrected chi connectivity index (χ2v) is 8.73. The van der Waals surface area contributed by atoms with Gasteiger partial charge in [-0.3, -0.25) is 9.59 Å². The Balaban J connectivity index is 1.47. The standard InChI is InChI=1S/C22H21ClF4N4O2/c1-31(21(33)13-7-18(32)29-10-13)20(22(25,26)27)12-3-5-17(28-9-12)30-14-6-11-2-4-16(23)19(24)15(11)8-14/h2-5,9,13-14,20H,6-8,10H2,1H3,(H,28,30)(H,29,32)/t13-,14?,20+/m1/s1. The Morgan fingerprint density at radius 3 is 2.61 bits per heavy atom. The van der Waals surface area contributed by atoms with Crippen LogP contribution in [0.2, 0.25) is 5.02 Å². The number of halogens is 5. The highest BCUT2D eigenvalue weighted by atomic mass is 35.5. The van der Waals surface area contributed by atoms with Crippen LogP contribution in [0.4, 0.5) is 23.4 Å². The van der Waals surface area contributed by atoms with E-state index in [0.29, 0.717) is 29.1 Å². The molecule has 1 saturated heterocycles. The third kappa shape index (κ3) is 4.75. The van der Waals surface area contributed by atoms with Gasteiger partial charge in [-0.15, -0.1) is 0 Å². The molecule has 176 valence electrons. The number of hydrogen-bond acceptors (Lipinski definition) is 4. The maximum atomic E-state index is 14.2. The van der Waals surface area contributed by atoms with Crippen LogP contribution < -0.4 is 10.6 Å². The zero-order valence-electron chi connectivity index (χ0n) is 17.5. The first-order valence-corrected chi connectivity index (χ1v) is 10.7. The number of aromatic nitrogens is 1. The van der Waals surface area contributed by atoms with E-state index in [2.05, 4.69) is 15.6 Å². The number of fused-ring (bicyclic) bond motifs is 1. The van der Waals surface area contributed by atoms with Gasteiger partial charge in [0.2, 0.25) is 11.8 Å². The minimum atomic E-state index is -4.74. The second-order valence-electron chi connectivity index (χ2n) is 8.32. The zero-order valence-corrected chi connectivity index (χ0v) is 18.3. The number of rotatable bonds is 5. The largest absolute Gasteiger partial charge is 0.413 e. The molecule has 0 spiro atoms. The lowest BCUT2D eigenvalue weighted by molar-refractivity contribution is -0.190. The summed E-state index contributed by atoms with van der Waals surface area (Å²) in [5.41, 5.74) is 1.14. The highest BCUT2D eigenvalue weighted by Gasteiger charge is 2.47. The van der Waals surface area contributed by atoms with Crippen LogP contribution in [0.1, 0.15) is 29.2 Å². The third-order valence-electron chi connectivity index (χ3n) is 6.04. The van der Waals surface area contributed by atoms with E-state index in [0.717, 1.165) is 18.8 Å². The normalized spacial score (nSPS) is 20.8. The fourth-order valence-corrected chi connectivity index (χ4v) is 4.60. The number of hydrogen-bond donors (Lipinski definition) is 2. The summed E-state index contributed by atoms with van der Waals surface area (Å²) in [6.07, 6.45) is -2.89. The summed E-state index contributed by atoms with van der Waals surface area (Å²) in [5.74, 6) is -2.08. The Morgan fingerprint density at radius 1 is 1.24 bits per heavy atom. The fourth-order valence-electron chi connectivity index (χ4n) is 4.42. The number of nitrogens with zero attached hydrogens (tertiary/aromatic N) is 2. The van der Waals surface area contributed by atoms with Crippen molar-refractivity contribution in [1.82, 2.24) is 15.2 Å². The maximum Gasteiger partial charge on any atom is 0.413 e. The first-order chi connectivity index (χ1) is 15.5. The van der Waals surface area contributed by atoms with Crippen molar-refractivity contribution < 1.29 is 27.2 Å². The molecule has 3 atom stereocenters. The van der Waals surface area contributed by atoms with Gasteiger partial charge in [-0.1, -0.05) is 23.7 Å². The zero-order chi connectivity index (χ0) is 23.9. The van der Waals surface area contributed by atoms with Crippen molar-refractivity contribution in [2.75, 3.05) is 18.9 Å². The summed E-state index contributed by atoms with van der Waals surface area (Å²) in [6.45, 7) is 0.0171. The molecule has 11 heteroatoms. The van der Waals surface area contributed by atoms with Crippen LogP contribution in [0, 0.1) is 11.7 Å². The first kappa shape index (κ1) is 23.3. The van der Waals surface area contributed by atoms with Crippen molar-refractivity contribution in [3.8, 4) is 0 Å². The number of benzene rings is 1. The van der Waals surface area contributed by atoms with Crippen molar-refractivity contribution in [1.29, 1.82) is 0 Å². The summed E-state index contributed by atoms with van der Waals surface area (Å²) in [6, 6.07) is 3.54. The number of alkyl halides is 3. The molecule has 1 aliphatic carbocycles. The van der Waals surface area contributed by atoms with Crippen LogP contribution in [0.3, 0.4) is 0 Å². The highest BCUT2D eigenvalue weighted by molar-refractivity contribution is 6.30. The average molecular weight is 485 g/mol. The van der Waals surface area contributed by atoms with Gasteiger partial charge in [-0.25, -0.2) is 9.37 Å². The molecule has 0 radical (unpaired) electrons. The molecular weight excluding hydrogens is 464 g/mol. The van der Waals surface area contributed by atoms with Crippen molar-refractivity contribution in [3.63, 3.8) is 0 Å². The van der Waals surface area contributed by atoms with Crippen LogP contribution >= 0.6 is 11.6 Å². The van der Waals surface area contributed by atoms with E-state index in [-0.39, 0.29) is 35.5 Å². The van der Waals surface area contributed by atoms with E-state index < -0.39 is 29.9 Å². The quantitative estimate of drug-likeness (QED) is 0.635. The molecule has 6 nitrogen and oxygen atoms in total. The summed E-state index contributed by atoms with van der Waals surface area (Å²) in [7, 11) is 1.07. The van der Waals surface area contributed by atoms with E-state index >= 15 is 0 Å². The number of pyridine rings is 1. The van der Waals surface area contributed by atoms with Gasteiger partial charge in [0.05, 0.1) is 10.9 Å². The molecule has 2 N–H and O–H groups in total. The van der Waals surface area contributed by atoms with Crippen LogP contribution in [0.5, 0.6) is 0 Å². The van der Waals surface area contributed by atoms with Crippen LogP contribution in [0.15, 0.2) is 30.5 Å². The fraction of sp³-hybridized carbons (Fsp3) is 0.409. The third-order valence-corrected chi connectivity index (χ3v) is 6.33. The smallest absolute Gasteiger partial charge is 0.367 e. The Morgan fingerprint density at radius 2 is 2.00 bits per heavy atom. The van der Waals surface area contributed by atoms with E-state index in [1.807, 2.05) is 0 Å². The van der Waals surface area contributed by atoms with Crippen molar-refractivity contribution in [3.05, 3.63) is 58.0 Å². The van der Waals surface area contributed by atoms with Crippen molar-refractivity contribution >= 4 is 29.2 Å². The van der Waals surface area contributed by atoms with Gasteiger partial charge in [-0.2, -0.15) is 13.2 Å². The summed E-state index contributed by atoms with van der Waals surface area (Å²) in [4.78, 5) is 28.6. The molecule has 1 unspecified atom stereocenters. The van der Waals surface area contributed by atoms with Crippen molar-refractivity contribution in [2.24, 2.45) is 5.92 Å². The predicted molar refractivity (Wildman–Crippen MR) is 113 cm³/mol. The molecule has 33 heavy (non-hydrogen) atoms. The minimum Gasteiger partial charge on any atom is -0.367 e. The van der Waals surface area contributed by atoms with Crippen molar-refractivity contribution in [2.45, 2.75) is 37.5 Å². The minimum absolute atomic E-state index is 0.0171. The summed E-state index contributed by atoms with van der Waals surface area (Å²) >= 11 is 5.83. The molecule has 0 saturated carbocycles. The molecule has 1 fully saturated rings. The van der Waals surface area contributed by atoms with Gasteiger partial charge >= 0.3 is 6.18 Å². The van der Waals surface area contributed by atoms with Gasteiger partial charge in [0.1, 0.15) is 11.6 Å². The Labute approximate surface area is 192 Å². The molecule has 1 aromatic carbocycles.